The van der Waals surface area contributed by atoms with Crippen molar-refractivity contribution in [3.05, 3.63) is 65.0 Å². The van der Waals surface area contributed by atoms with Gasteiger partial charge in [0.25, 0.3) is 0 Å². The van der Waals surface area contributed by atoms with Gasteiger partial charge in [0.1, 0.15) is 11.5 Å². The van der Waals surface area contributed by atoms with Crippen molar-refractivity contribution >= 4 is 22.1 Å². The summed E-state index contributed by atoms with van der Waals surface area (Å²) < 4.78 is 2.06. The second kappa shape index (κ2) is 5.25. The van der Waals surface area contributed by atoms with Gasteiger partial charge >= 0.3 is 0 Å². The Balaban J connectivity index is 1.95. The highest BCUT2D eigenvalue weighted by Crippen LogP contribution is 2.35. The summed E-state index contributed by atoms with van der Waals surface area (Å²) in [5, 5.41) is 2.13. The van der Waals surface area contributed by atoms with Crippen molar-refractivity contribution in [1.29, 1.82) is 0 Å². The predicted octanol–water partition coefficient (Wildman–Crippen LogP) is 4.93. The van der Waals surface area contributed by atoms with Crippen molar-refractivity contribution in [3.63, 3.8) is 0 Å². The predicted molar refractivity (Wildman–Crippen MR) is 97.8 cm³/mol. The number of hydrogen-bond donors (Lipinski definition) is 1. The summed E-state index contributed by atoms with van der Waals surface area (Å²) in [4.78, 5) is 5.66. The van der Waals surface area contributed by atoms with E-state index in [4.69, 9.17) is 10.7 Å². The zero-order valence-electron chi connectivity index (χ0n) is 13.1. The molecule has 23 heavy (non-hydrogen) atoms. The first kappa shape index (κ1) is 14.0. The molecule has 114 valence electrons. The van der Waals surface area contributed by atoms with Gasteiger partial charge in [0, 0.05) is 16.5 Å². The fourth-order valence-electron chi connectivity index (χ4n) is 2.98. The van der Waals surface area contributed by atoms with Gasteiger partial charge in [-0.15, -0.1) is 11.3 Å². The van der Waals surface area contributed by atoms with Crippen LogP contribution in [0.25, 0.3) is 27.5 Å². The lowest BCUT2D eigenvalue weighted by molar-refractivity contribution is 1.23. The number of fused-ring (bicyclic) bond motifs is 1. The molecule has 0 bridgehead atoms. The Bertz CT molecular complexity index is 996. The zero-order chi connectivity index (χ0) is 16.0. The molecule has 2 aromatic heterocycles. The lowest BCUT2D eigenvalue weighted by Crippen LogP contribution is -1.96. The summed E-state index contributed by atoms with van der Waals surface area (Å²) >= 11 is 1.62. The van der Waals surface area contributed by atoms with Crippen LogP contribution in [0.2, 0.25) is 0 Å². The Morgan fingerprint density at radius 1 is 1.04 bits per heavy atom. The fourth-order valence-corrected chi connectivity index (χ4v) is 3.87. The number of thiazole rings is 1. The van der Waals surface area contributed by atoms with Gasteiger partial charge in [0.2, 0.25) is 0 Å². The summed E-state index contributed by atoms with van der Waals surface area (Å²) in [6.07, 6.45) is 0. The molecule has 0 saturated carbocycles. The van der Waals surface area contributed by atoms with E-state index < -0.39 is 0 Å². The molecule has 4 aromatic rings. The molecule has 4 heteroatoms. The topological polar surface area (TPSA) is 43.3 Å². The first-order valence-electron chi connectivity index (χ1n) is 7.53. The maximum atomic E-state index is 6.44. The number of imidazole rings is 1. The van der Waals surface area contributed by atoms with Crippen molar-refractivity contribution in [2.75, 3.05) is 5.73 Å². The monoisotopic (exact) mass is 319 g/mol. The van der Waals surface area contributed by atoms with Crippen LogP contribution in [-0.4, -0.2) is 9.38 Å². The van der Waals surface area contributed by atoms with Gasteiger partial charge < -0.3 is 5.73 Å². The number of hydrogen-bond acceptors (Lipinski definition) is 3. The van der Waals surface area contributed by atoms with E-state index in [0.717, 1.165) is 21.9 Å². The lowest BCUT2D eigenvalue weighted by Gasteiger charge is -2.07. The summed E-state index contributed by atoms with van der Waals surface area (Å²) in [7, 11) is 0. The van der Waals surface area contributed by atoms with Gasteiger partial charge in [0.15, 0.2) is 4.96 Å². The van der Waals surface area contributed by atoms with Crippen molar-refractivity contribution < 1.29 is 0 Å². The first-order valence-corrected chi connectivity index (χ1v) is 8.41. The van der Waals surface area contributed by atoms with Crippen LogP contribution < -0.4 is 5.73 Å². The molecule has 2 aromatic carbocycles. The smallest absolute Gasteiger partial charge is 0.196 e. The standard InChI is InChI=1S/C19H17N3S/c1-12-8-9-15(13(2)10-12)16-11-23-19-21-17(18(20)22(16)19)14-6-4-3-5-7-14/h3-11H,20H2,1-2H3. The molecule has 0 saturated heterocycles. The molecule has 0 aliphatic heterocycles. The minimum atomic E-state index is 0.697. The van der Waals surface area contributed by atoms with Crippen LogP contribution in [0.1, 0.15) is 11.1 Å². The third kappa shape index (κ3) is 2.23. The van der Waals surface area contributed by atoms with Crippen molar-refractivity contribution in [1.82, 2.24) is 9.38 Å². The highest BCUT2D eigenvalue weighted by molar-refractivity contribution is 7.15. The highest BCUT2D eigenvalue weighted by Gasteiger charge is 2.17. The van der Waals surface area contributed by atoms with Crippen LogP contribution >= 0.6 is 11.3 Å². The molecule has 0 amide bonds. The van der Waals surface area contributed by atoms with E-state index in [1.54, 1.807) is 11.3 Å². The molecule has 2 heterocycles. The van der Waals surface area contributed by atoms with Crippen molar-refractivity contribution in [2.24, 2.45) is 0 Å². The van der Waals surface area contributed by atoms with E-state index >= 15 is 0 Å². The highest BCUT2D eigenvalue weighted by atomic mass is 32.1. The van der Waals surface area contributed by atoms with Crippen LogP contribution in [0, 0.1) is 13.8 Å². The van der Waals surface area contributed by atoms with Gasteiger partial charge in [0.05, 0.1) is 5.69 Å². The molecule has 4 rings (SSSR count). The van der Waals surface area contributed by atoms with E-state index in [9.17, 15) is 0 Å². The molecule has 0 atom stereocenters. The molecule has 0 aliphatic carbocycles. The molecule has 0 unspecified atom stereocenters. The minimum Gasteiger partial charge on any atom is -0.383 e. The quantitative estimate of drug-likeness (QED) is 0.569. The molecule has 3 nitrogen and oxygen atoms in total. The maximum Gasteiger partial charge on any atom is 0.196 e. The van der Waals surface area contributed by atoms with Crippen LogP contribution in [0.15, 0.2) is 53.9 Å². The largest absolute Gasteiger partial charge is 0.383 e. The summed E-state index contributed by atoms with van der Waals surface area (Å²) in [6.45, 7) is 4.25. The number of benzene rings is 2. The minimum absolute atomic E-state index is 0.697. The van der Waals surface area contributed by atoms with Crippen molar-refractivity contribution in [2.45, 2.75) is 13.8 Å². The molecule has 0 fully saturated rings. The number of aryl methyl sites for hydroxylation is 2. The fraction of sp³-hybridized carbons (Fsp3) is 0.105. The van der Waals surface area contributed by atoms with Crippen LogP contribution in [0.5, 0.6) is 0 Å². The molecule has 0 aliphatic rings. The second-order valence-corrected chi connectivity index (χ2v) is 6.61. The van der Waals surface area contributed by atoms with Gasteiger partial charge in [-0.25, -0.2) is 4.98 Å². The maximum absolute atomic E-state index is 6.44. The Labute approximate surface area is 139 Å². The van der Waals surface area contributed by atoms with Gasteiger partial charge in [-0.05, 0) is 19.4 Å². The first-order chi connectivity index (χ1) is 11.1. The van der Waals surface area contributed by atoms with E-state index in [2.05, 4.69) is 41.8 Å². The van der Waals surface area contributed by atoms with Crippen LogP contribution in [0.4, 0.5) is 5.82 Å². The number of rotatable bonds is 2. The SMILES string of the molecule is Cc1ccc(-c2csc3nc(-c4ccccc4)c(N)n23)c(C)c1. The molecule has 0 radical (unpaired) electrons. The summed E-state index contributed by atoms with van der Waals surface area (Å²) in [6, 6.07) is 16.6. The number of nitrogen functional groups attached to an aromatic ring is 1. The van der Waals surface area contributed by atoms with Gasteiger partial charge in [-0.1, -0.05) is 54.1 Å². The molecule has 0 spiro atoms. The van der Waals surface area contributed by atoms with Crippen LogP contribution in [-0.2, 0) is 0 Å². The molecular formula is C19H17N3S. The Hall–Kier alpha value is -2.59. The summed E-state index contributed by atoms with van der Waals surface area (Å²) in [5.74, 6) is 0.697. The Morgan fingerprint density at radius 3 is 2.57 bits per heavy atom. The van der Waals surface area contributed by atoms with Crippen LogP contribution in [0.3, 0.4) is 0 Å². The third-order valence-corrected chi connectivity index (χ3v) is 4.93. The van der Waals surface area contributed by atoms with Crippen molar-refractivity contribution in [3.8, 4) is 22.5 Å². The summed E-state index contributed by atoms with van der Waals surface area (Å²) in [5.41, 5.74) is 13.2. The average Bonchev–Trinajstić information content (AvgIpc) is 3.09. The zero-order valence-corrected chi connectivity index (χ0v) is 13.9. The van der Waals surface area contributed by atoms with Gasteiger partial charge in [-0.2, -0.15) is 0 Å². The van der Waals surface area contributed by atoms with E-state index in [-0.39, 0.29) is 0 Å². The number of aromatic nitrogens is 2. The van der Waals surface area contributed by atoms with E-state index in [0.29, 0.717) is 5.82 Å². The van der Waals surface area contributed by atoms with E-state index in [1.807, 2.05) is 30.3 Å². The third-order valence-electron chi connectivity index (χ3n) is 4.10. The Kier molecular flexibility index (Phi) is 3.20. The molecular weight excluding hydrogens is 302 g/mol. The second-order valence-electron chi connectivity index (χ2n) is 5.77. The molecule has 2 N–H and O–H groups in total. The average molecular weight is 319 g/mol. The normalized spacial score (nSPS) is 11.2. The van der Waals surface area contributed by atoms with Gasteiger partial charge in [-0.3, -0.25) is 4.40 Å². The number of anilines is 1. The number of nitrogens with zero attached hydrogens (tertiary/aromatic N) is 2. The van der Waals surface area contributed by atoms with E-state index in [1.165, 1.54) is 16.7 Å². The lowest BCUT2D eigenvalue weighted by atomic mass is 10.0. The Morgan fingerprint density at radius 2 is 1.83 bits per heavy atom. The number of nitrogens with two attached hydrogens (primary N) is 1.